The fourth-order valence-corrected chi connectivity index (χ4v) is 10.4. The second kappa shape index (κ2) is 25.2. The van der Waals surface area contributed by atoms with Crippen LogP contribution in [0.1, 0.15) is 134 Å². The molecule has 0 saturated heterocycles. The van der Waals surface area contributed by atoms with Crippen LogP contribution in [0.3, 0.4) is 0 Å². The van der Waals surface area contributed by atoms with E-state index in [1.54, 1.807) is 38.2 Å². The van der Waals surface area contributed by atoms with Gasteiger partial charge in [-0.25, -0.2) is 0 Å². The lowest BCUT2D eigenvalue weighted by Crippen LogP contribution is -2.46. The predicted octanol–water partition coefficient (Wildman–Crippen LogP) is 6.76. The molecule has 2 saturated carbocycles. The van der Waals surface area contributed by atoms with E-state index in [1.807, 2.05) is 18.2 Å². The van der Waals surface area contributed by atoms with Crippen molar-refractivity contribution >= 4 is 29.2 Å². The Morgan fingerprint density at radius 3 is 2.08 bits per heavy atom. The molecule has 2 aromatic carbocycles. The van der Waals surface area contributed by atoms with Gasteiger partial charge in [-0.15, -0.1) is 0 Å². The number of nitrogens with two attached hydrogens (primary N) is 3. The van der Waals surface area contributed by atoms with E-state index >= 15 is 0 Å². The van der Waals surface area contributed by atoms with Crippen LogP contribution in [-0.2, 0) is 30.4 Å². The summed E-state index contributed by atoms with van der Waals surface area (Å²) in [6.07, 6.45) is 13.1. The van der Waals surface area contributed by atoms with Crippen LogP contribution in [-0.4, -0.2) is 80.0 Å². The number of hydrogen-bond donors (Lipinski definition) is 4. The number of nitrogens with one attached hydrogen (secondary N) is 1. The molecule has 13 nitrogen and oxygen atoms in total. The molecule has 4 atom stereocenters. The van der Waals surface area contributed by atoms with E-state index in [0.29, 0.717) is 39.7 Å². The van der Waals surface area contributed by atoms with E-state index in [0.717, 1.165) is 37.5 Å². The number of nitriles is 1. The number of fused-ring (bicyclic) bond motifs is 5. The van der Waals surface area contributed by atoms with E-state index < -0.39 is 35.6 Å². The second-order valence-corrected chi connectivity index (χ2v) is 18.7. The highest BCUT2D eigenvalue weighted by Gasteiger charge is 2.38. The van der Waals surface area contributed by atoms with Crippen molar-refractivity contribution in [3.05, 3.63) is 47.5 Å². The van der Waals surface area contributed by atoms with Crippen molar-refractivity contribution in [3.8, 4) is 28.7 Å². The summed E-state index contributed by atoms with van der Waals surface area (Å²) in [4.78, 5) is 72.2. The van der Waals surface area contributed by atoms with Crippen molar-refractivity contribution in [2.75, 3.05) is 39.9 Å². The topological polar surface area (TPSA) is 221 Å². The Morgan fingerprint density at radius 2 is 1.47 bits per heavy atom. The molecule has 0 aromatic heterocycles. The van der Waals surface area contributed by atoms with Crippen LogP contribution in [0, 0.1) is 46.8 Å². The molecule has 4 bridgehead atoms. The molecule has 3 aliphatic rings. The first-order valence-electron chi connectivity index (χ1n) is 24.1. The van der Waals surface area contributed by atoms with Crippen LogP contribution in [0.5, 0.6) is 11.5 Å². The number of unbranched alkanes of at least 4 members (excludes halogenated alkanes) is 1. The van der Waals surface area contributed by atoms with Gasteiger partial charge in [0, 0.05) is 74.7 Å². The van der Waals surface area contributed by atoms with Crippen molar-refractivity contribution in [2.45, 2.75) is 135 Å². The van der Waals surface area contributed by atoms with E-state index in [9.17, 15) is 29.2 Å². The third-order valence-corrected chi connectivity index (χ3v) is 14.1. The van der Waals surface area contributed by atoms with Crippen molar-refractivity contribution in [2.24, 2.45) is 52.7 Å². The van der Waals surface area contributed by atoms with E-state index in [1.165, 1.54) is 49.8 Å². The monoisotopic (exact) mass is 883 g/mol. The molecule has 1 aliphatic heterocycles. The minimum atomic E-state index is -1.15. The van der Waals surface area contributed by atoms with Crippen molar-refractivity contribution in [1.29, 1.82) is 5.26 Å². The Morgan fingerprint density at radius 1 is 0.844 bits per heavy atom. The molecule has 0 radical (unpaired) electrons. The van der Waals surface area contributed by atoms with E-state index in [4.69, 9.17) is 26.7 Å². The molecule has 5 rings (SSSR count). The van der Waals surface area contributed by atoms with Gasteiger partial charge in [0.1, 0.15) is 36.5 Å². The molecule has 2 aromatic rings. The first-order valence-corrected chi connectivity index (χ1v) is 24.1. The molecule has 1 heterocycles. The molecule has 350 valence electrons. The normalized spacial score (nSPS) is 24.4. The minimum absolute atomic E-state index is 0.00898. The molecule has 7 N–H and O–H groups in total. The van der Waals surface area contributed by atoms with Gasteiger partial charge >= 0.3 is 0 Å². The first-order chi connectivity index (χ1) is 30.9. The van der Waals surface area contributed by atoms with Crippen LogP contribution >= 0.6 is 0 Å². The van der Waals surface area contributed by atoms with Gasteiger partial charge < -0.3 is 36.9 Å². The molecule has 2 fully saturated rings. The van der Waals surface area contributed by atoms with Gasteiger partial charge in [0.25, 0.3) is 0 Å². The zero-order chi connectivity index (χ0) is 46.2. The summed E-state index contributed by atoms with van der Waals surface area (Å²) < 4.78 is 12.3. The summed E-state index contributed by atoms with van der Waals surface area (Å²) in [6, 6.07) is 10.6. The molecule has 2 aliphatic carbocycles. The van der Waals surface area contributed by atoms with Gasteiger partial charge in [0.15, 0.2) is 11.6 Å². The maximum Gasteiger partial charge on any atom is 0.226 e. The quantitative estimate of drug-likeness (QED) is 0.109. The number of ketones is 3. The number of likely N-dealkylation sites (N-methyl/N-ethyl adjacent to an activating group) is 1. The van der Waals surface area contributed by atoms with Gasteiger partial charge in [0.2, 0.25) is 11.8 Å². The number of Topliss-reactive ketones (excluding diaryl/α,β-unsaturated/α-hetero) is 3. The largest absolute Gasteiger partial charge is 0.492 e. The van der Waals surface area contributed by atoms with Crippen LogP contribution in [0.2, 0.25) is 0 Å². The number of nitrogens with zero attached hydrogens (tertiary/aromatic N) is 2. The third-order valence-electron chi connectivity index (χ3n) is 14.1. The predicted molar refractivity (Wildman–Crippen MR) is 248 cm³/mol. The van der Waals surface area contributed by atoms with Crippen LogP contribution < -0.4 is 32.0 Å². The van der Waals surface area contributed by atoms with Crippen LogP contribution in [0.15, 0.2) is 36.4 Å². The van der Waals surface area contributed by atoms with Gasteiger partial charge in [0.05, 0.1) is 12.1 Å². The molecule has 2 amide bonds. The standard InChI is InChI=1S/C51H74N6O7/c1-4-5-7-34-9-12-36(13-10-34)37-14-16-38(17-15-37)45(59)32-40(21-23-53)51(62)57(3)49-39-18-20-48(64-27-25-55)42(31-39)41-29-35(11-19-47(41)63-26-24-54)30-43(44(58)8-6-22-52)56-50(61)33(2)28-46(49)60/h11,18-20,29,31,33-34,36-38,40,43,49H,4-10,12-17,21,23-28,30,32,53-55H2,1-3H3,(H,56,61)/t33-,34?,36?,37?,38?,40-,43+,49+/m1/s1. The average molecular weight is 883 g/mol. The third kappa shape index (κ3) is 13.5. The summed E-state index contributed by atoms with van der Waals surface area (Å²) in [5.74, 6) is 0.00815. The molecule has 0 unspecified atom stereocenters. The summed E-state index contributed by atoms with van der Waals surface area (Å²) in [5, 5.41) is 12.1. The lowest BCUT2D eigenvalue weighted by molar-refractivity contribution is -0.144. The summed E-state index contributed by atoms with van der Waals surface area (Å²) >= 11 is 0. The van der Waals surface area contributed by atoms with E-state index in [-0.39, 0.29) is 94.8 Å². The molecule has 0 spiro atoms. The maximum atomic E-state index is 14.7. The maximum absolute atomic E-state index is 14.7. The van der Waals surface area contributed by atoms with Crippen LogP contribution in [0.25, 0.3) is 11.1 Å². The second-order valence-electron chi connectivity index (χ2n) is 18.7. The van der Waals surface area contributed by atoms with Gasteiger partial charge in [-0.05, 0) is 111 Å². The number of ether oxygens (including phenoxy) is 2. The highest BCUT2D eigenvalue weighted by molar-refractivity contribution is 5.96. The minimum Gasteiger partial charge on any atom is -0.492 e. The molecular formula is C51H74N6O7. The Kier molecular flexibility index (Phi) is 19.8. The highest BCUT2D eigenvalue weighted by atomic mass is 16.5. The lowest BCUT2D eigenvalue weighted by Gasteiger charge is -2.38. The zero-order valence-corrected chi connectivity index (χ0v) is 38.6. The van der Waals surface area contributed by atoms with Gasteiger partial charge in [-0.2, -0.15) is 5.26 Å². The molecule has 13 heteroatoms. The smallest absolute Gasteiger partial charge is 0.226 e. The number of amides is 2. The number of carbonyl (C=O) groups excluding carboxylic acids is 5. The molecular weight excluding hydrogens is 809 g/mol. The Labute approximate surface area is 380 Å². The Bertz CT molecular complexity index is 1930. The van der Waals surface area contributed by atoms with Crippen molar-refractivity contribution in [3.63, 3.8) is 0 Å². The average Bonchev–Trinajstić information content (AvgIpc) is 3.30. The van der Waals surface area contributed by atoms with Gasteiger partial charge in [-0.1, -0.05) is 58.1 Å². The number of carbonyl (C=O) groups is 5. The number of rotatable bonds is 20. The lowest BCUT2D eigenvalue weighted by atomic mass is 9.68. The first kappa shape index (κ1) is 50.4. The Hall–Kier alpha value is -4.64. The number of benzene rings is 2. The fourth-order valence-electron chi connectivity index (χ4n) is 10.4. The van der Waals surface area contributed by atoms with E-state index in [2.05, 4.69) is 12.2 Å². The van der Waals surface area contributed by atoms with Gasteiger partial charge in [-0.3, -0.25) is 24.0 Å². The number of hydrogen-bond acceptors (Lipinski definition) is 11. The van der Waals surface area contributed by atoms with Crippen LogP contribution in [0.4, 0.5) is 0 Å². The summed E-state index contributed by atoms with van der Waals surface area (Å²) in [6.45, 7) is 4.95. The van der Waals surface area contributed by atoms with Crippen molar-refractivity contribution < 1.29 is 33.4 Å². The zero-order valence-electron chi connectivity index (χ0n) is 38.6. The molecule has 64 heavy (non-hydrogen) atoms. The highest BCUT2D eigenvalue weighted by Crippen LogP contribution is 2.44. The fraction of sp³-hybridized carbons (Fsp3) is 0.647. The van der Waals surface area contributed by atoms with Crippen molar-refractivity contribution in [1.82, 2.24) is 10.2 Å². The SMILES string of the molecule is CCCCC1CCC(C2CCC(C(=O)C[C@@H](CCN)C(=O)N(C)[C@@H]3C(=O)C[C@@H](C)C(=O)N[C@H](C(=O)CCC#N)Cc4ccc(OCCN)c(c4)-c4cc3ccc4OCCN)CC2)CC1. The summed E-state index contributed by atoms with van der Waals surface area (Å²) in [5.41, 5.74) is 20.2. The summed E-state index contributed by atoms with van der Waals surface area (Å²) in [7, 11) is 1.58. The Balaban J connectivity index is 1.45.